The Kier molecular flexibility index (Phi) is 4.23. The third-order valence-corrected chi connectivity index (χ3v) is 3.30. The van der Waals surface area contributed by atoms with Crippen LogP contribution in [0.4, 0.5) is 11.4 Å². The smallest absolute Gasteiger partial charge is 0.0723 e. The highest BCUT2D eigenvalue weighted by Gasteiger charge is 2.06. The number of nitrogens with one attached hydrogen (secondary N) is 1. The summed E-state index contributed by atoms with van der Waals surface area (Å²) < 4.78 is 0. The summed E-state index contributed by atoms with van der Waals surface area (Å²) in [4.78, 5) is 0. The van der Waals surface area contributed by atoms with Crippen molar-refractivity contribution in [3.8, 4) is 0 Å². The molecule has 0 unspecified atom stereocenters. The van der Waals surface area contributed by atoms with Gasteiger partial charge in [0.15, 0.2) is 0 Å². The van der Waals surface area contributed by atoms with Crippen molar-refractivity contribution < 1.29 is 0 Å². The first-order valence-electron chi connectivity index (χ1n) is 5.29. The molecule has 94 valence electrons. The molecule has 2 rings (SSSR count). The van der Waals surface area contributed by atoms with Gasteiger partial charge in [-0.3, -0.25) is 0 Å². The molecule has 0 spiro atoms. The van der Waals surface area contributed by atoms with E-state index in [2.05, 4.69) is 5.32 Å². The van der Waals surface area contributed by atoms with Gasteiger partial charge in [0.25, 0.3) is 0 Å². The molecule has 5 heteroatoms. The van der Waals surface area contributed by atoms with Crippen molar-refractivity contribution in [1.29, 1.82) is 0 Å². The Balaban J connectivity index is 2.13. The first-order valence-corrected chi connectivity index (χ1v) is 6.42. The summed E-state index contributed by atoms with van der Waals surface area (Å²) in [6.45, 7) is 0.612. The van der Waals surface area contributed by atoms with Crippen LogP contribution in [0, 0.1) is 0 Å². The van der Waals surface area contributed by atoms with E-state index in [-0.39, 0.29) is 0 Å². The fraction of sp³-hybridized carbons (Fsp3) is 0.0769. The van der Waals surface area contributed by atoms with Gasteiger partial charge in [0.1, 0.15) is 0 Å². The van der Waals surface area contributed by atoms with Crippen LogP contribution >= 0.6 is 34.8 Å². The fourth-order valence-electron chi connectivity index (χ4n) is 1.55. The van der Waals surface area contributed by atoms with Gasteiger partial charge in [0, 0.05) is 17.3 Å². The number of hydrogen-bond acceptors (Lipinski definition) is 2. The average Bonchev–Trinajstić information content (AvgIpc) is 2.30. The molecule has 0 amide bonds. The monoisotopic (exact) mass is 300 g/mol. The minimum absolute atomic E-state index is 0.508. The minimum Gasteiger partial charge on any atom is -0.399 e. The predicted octanol–water partition coefficient (Wildman–Crippen LogP) is 4.84. The van der Waals surface area contributed by atoms with Crippen molar-refractivity contribution in [2.75, 3.05) is 11.1 Å². The number of nitrogens with two attached hydrogens (primary N) is 1. The summed E-state index contributed by atoms with van der Waals surface area (Å²) in [6, 6.07) is 10.9. The number of anilines is 2. The fourth-order valence-corrected chi connectivity index (χ4v) is 2.32. The van der Waals surface area contributed by atoms with Crippen LogP contribution in [0.25, 0.3) is 0 Å². The van der Waals surface area contributed by atoms with Crippen LogP contribution in [-0.4, -0.2) is 0 Å². The Labute approximate surface area is 121 Å². The summed E-state index contributed by atoms with van der Waals surface area (Å²) in [5.41, 5.74) is 7.95. The second-order valence-electron chi connectivity index (χ2n) is 3.84. The van der Waals surface area contributed by atoms with Gasteiger partial charge in [-0.25, -0.2) is 0 Å². The molecule has 0 aromatic heterocycles. The molecule has 0 heterocycles. The maximum Gasteiger partial charge on any atom is 0.0723 e. The maximum absolute atomic E-state index is 6.08. The SMILES string of the molecule is Nc1cc(Cl)c(NCc2ccc(Cl)cc2)c(Cl)c1. The molecule has 0 radical (unpaired) electrons. The summed E-state index contributed by atoms with van der Waals surface area (Å²) in [7, 11) is 0. The van der Waals surface area contributed by atoms with Crippen LogP contribution in [0.5, 0.6) is 0 Å². The number of benzene rings is 2. The van der Waals surface area contributed by atoms with Crippen molar-refractivity contribution in [1.82, 2.24) is 0 Å². The van der Waals surface area contributed by atoms with Gasteiger partial charge in [-0.2, -0.15) is 0 Å². The standard InChI is InChI=1S/C13H11Cl3N2/c14-9-3-1-8(2-4-9)7-18-13-11(15)5-10(17)6-12(13)16/h1-6,18H,7,17H2. The Hall–Kier alpha value is -1.09. The highest BCUT2D eigenvalue weighted by molar-refractivity contribution is 6.39. The first-order chi connectivity index (χ1) is 8.56. The summed E-state index contributed by atoms with van der Waals surface area (Å²) >= 11 is 18.0. The molecule has 2 aromatic carbocycles. The van der Waals surface area contributed by atoms with Crippen molar-refractivity contribution >= 4 is 46.2 Å². The molecule has 0 saturated carbocycles. The third-order valence-electron chi connectivity index (χ3n) is 2.45. The van der Waals surface area contributed by atoms with Crippen molar-refractivity contribution in [2.24, 2.45) is 0 Å². The Morgan fingerprint density at radius 1 is 0.944 bits per heavy atom. The van der Waals surface area contributed by atoms with Crippen LogP contribution < -0.4 is 11.1 Å². The van der Waals surface area contributed by atoms with Crippen molar-refractivity contribution in [3.05, 3.63) is 57.0 Å². The lowest BCUT2D eigenvalue weighted by atomic mass is 10.2. The van der Waals surface area contributed by atoms with Gasteiger partial charge in [0.2, 0.25) is 0 Å². The van der Waals surface area contributed by atoms with Gasteiger partial charge < -0.3 is 11.1 Å². The number of rotatable bonds is 3. The number of nitrogen functional groups attached to an aromatic ring is 1. The molecular weight excluding hydrogens is 291 g/mol. The minimum atomic E-state index is 0.508. The molecule has 3 N–H and O–H groups in total. The van der Waals surface area contributed by atoms with E-state index >= 15 is 0 Å². The maximum atomic E-state index is 6.08. The zero-order valence-corrected chi connectivity index (χ0v) is 11.7. The van der Waals surface area contributed by atoms with Crippen molar-refractivity contribution in [2.45, 2.75) is 6.54 Å². The molecule has 2 aromatic rings. The van der Waals surface area contributed by atoms with Gasteiger partial charge in [0.05, 0.1) is 15.7 Å². The van der Waals surface area contributed by atoms with Crippen LogP contribution in [0.15, 0.2) is 36.4 Å². The highest BCUT2D eigenvalue weighted by Crippen LogP contribution is 2.33. The van der Waals surface area contributed by atoms with Crippen LogP contribution in [0.1, 0.15) is 5.56 Å². The van der Waals surface area contributed by atoms with E-state index in [0.717, 1.165) is 5.56 Å². The van der Waals surface area contributed by atoms with Gasteiger partial charge >= 0.3 is 0 Å². The van der Waals surface area contributed by atoms with Gasteiger partial charge in [-0.15, -0.1) is 0 Å². The zero-order chi connectivity index (χ0) is 13.1. The average molecular weight is 302 g/mol. The van der Waals surface area contributed by atoms with E-state index in [1.54, 1.807) is 12.1 Å². The van der Waals surface area contributed by atoms with Crippen LogP contribution in [0.2, 0.25) is 15.1 Å². The summed E-state index contributed by atoms with van der Waals surface area (Å²) in [6.07, 6.45) is 0. The predicted molar refractivity (Wildman–Crippen MR) is 79.7 cm³/mol. The summed E-state index contributed by atoms with van der Waals surface area (Å²) in [5, 5.41) is 4.91. The first kappa shape index (κ1) is 13.3. The van der Waals surface area contributed by atoms with E-state index in [1.807, 2.05) is 24.3 Å². The Morgan fingerprint density at radius 3 is 2.06 bits per heavy atom. The Bertz CT molecular complexity index is 530. The number of hydrogen-bond donors (Lipinski definition) is 2. The molecule has 0 atom stereocenters. The van der Waals surface area contributed by atoms with E-state index < -0.39 is 0 Å². The normalized spacial score (nSPS) is 10.4. The molecule has 0 fully saturated rings. The molecule has 0 aliphatic heterocycles. The van der Waals surface area contributed by atoms with Gasteiger partial charge in [-0.1, -0.05) is 46.9 Å². The van der Waals surface area contributed by atoms with Crippen LogP contribution in [-0.2, 0) is 6.54 Å². The second-order valence-corrected chi connectivity index (χ2v) is 5.09. The Morgan fingerprint density at radius 2 is 1.50 bits per heavy atom. The molecule has 0 saturated heterocycles. The van der Waals surface area contributed by atoms with E-state index in [0.29, 0.717) is 33.0 Å². The molecule has 0 aliphatic carbocycles. The number of halogens is 3. The second kappa shape index (κ2) is 5.70. The zero-order valence-electron chi connectivity index (χ0n) is 9.38. The van der Waals surface area contributed by atoms with Crippen molar-refractivity contribution in [3.63, 3.8) is 0 Å². The van der Waals surface area contributed by atoms with Crippen LogP contribution in [0.3, 0.4) is 0 Å². The van der Waals surface area contributed by atoms with E-state index in [1.165, 1.54) is 0 Å². The molecule has 18 heavy (non-hydrogen) atoms. The van der Waals surface area contributed by atoms with E-state index in [4.69, 9.17) is 40.5 Å². The molecule has 2 nitrogen and oxygen atoms in total. The highest BCUT2D eigenvalue weighted by atomic mass is 35.5. The molecule has 0 aliphatic rings. The quantitative estimate of drug-likeness (QED) is 0.796. The largest absolute Gasteiger partial charge is 0.399 e. The summed E-state index contributed by atoms with van der Waals surface area (Å²) in [5.74, 6) is 0. The lowest BCUT2D eigenvalue weighted by molar-refractivity contribution is 1.15. The van der Waals surface area contributed by atoms with E-state index in [9.17, 15) is 0 Å². The molecule has 0 bridgehead atoms. The lowest BCUT2D eigenvalue weighted by Gasteiger charge is -2.11. The lowest BCUT2D eigenvalue weighted by Crippen LogP contribution is -2.01. The molecular formula is C13H11Cl3N2. The third kappa shape index (κ3) is 3.22. The topological polar surface area (TPSA) is 38.0 Å². The van der Waals surface area contributed by atoms with Gasteiger partial charge in [-0.05, 0) is 29.8 Å².